The van der Waals surface area contributed by atoms with Crippen molar-refractivity contribution in [3.63, 3.8) is 0 Å². The normalized spacial score (nSPS) is 10.4. The Morgan fingerprint density at radius 2 is 2.18 bits per heavy atom. The molecular formula is C9H11FN2O5. The Morgan fingerprint density at radius 3 is 2.76 bits per heavy atom. The van der Waals surface area contributed by atoms with E-state index in [1.165, 1.54) is 0 Å². The van der Waals surface area contributed by atoms with Gasteiger partial charge in [0.1, 0.15) is 0 Å². The fourth-order valence-electron chi connectivity index (χ4n) is 0.947. The standard InChI is InChI=1S/C9H11FN2O5/c1-5(2)17-9(15)16-4-12-7(13)6(10)3-11-8(12)14/h3,5H,4H2,1-2H3,(H,11,14). The Labute approximate surface area is 94.8 Å². The molecule has 94 valence electrons. The van der Waals surface area contributed by atoms with Gasteiger partial charge in [-0.05, 0) is 13.8 Å². The summed E-state index contributed by atoms with van der Waals surface area (Å²) in [4.78, 5) is 35.2. The molecule has 0 fully saturated rings. The van der Waals surface area contributed by atoms with E-state index in [-0.39, 0.29) is 0 Å². The SMILES string of the molecule is CC(C)OC(=O)OCn1c(=O)[nH]cc(F)c1=O. The lowest BCUT2D eigenvalue weighted by Crippen LogP contribution is -2.37. The summed E-state index contributed by atoms with van der Waals surface area (Å²) in [7, 11) is 0. The lowest BCUT2D eigenvalue weighted by atomic mass is 10.5. The minimum atomic E-state index is -1.17. The number of rotatable bonds is 3. The van der Waals surface area contributed by atoms with Crippen LogP contribution in [0.4, 0.5) is 9.18 Å². The molecule has 0 aliphatic heterocycles. The second-order valence-electron chi connectivity index (χ2n) is 3.36. The molecule has 0 bridgehead atoms. The monoisotopic (exact) mass is 246 g/mol. The smallest absolute Gasteiger partial charge is 0.432 e. The Kier molecular flexibility index (Phi) is 4.02. The van der Waals surface area contributed by atoms with Gasteiger partial charge in [-0.1, -0.05) is 0 Å². The quantitative estimate of drug-likeness (QED) is 0.769. The first kappa shape index (κ1) is 12.9. The molecule has 8 heteroatoms. The molecule has 0 saturated carbocycles. The highest BCUT2D eigenvalue weighted by Crippen LogP contribution is 1.93. The third-order valence-corrected chi connectivity index (χ3v) is 1.66. The summed E-state index contributed by atoms with van der Waals surface area (Å²) in [6.07, 6.45) is -0.811. The number of hydrogen-bond acceptors (Lipinski definition) is 5. The van der Waals surface area contributed by atoms with Gasteiger partial charge in [-0.2, -0.15) is 4.39 Å². The van der Waals surface area contributed by atoms with Gasteiger partial charge >= 0.3 is 11.8 Å². The fraction of sp³-hybridized carbons (Fsp3) is 0.444. The highest BCUT2D eigenvalue weighted by atomic mass is 19.1. The minimum Gasteiger partial charge on any atom is -0.432 e. The molecule has 0 aliphatic rings. The summed E-state index contributed by atoms with van der Waals surface area (Å²) in [6.45, 7) is 2.49. The van der Waals surface area contributed by atoms with Crippen LogP contribution in [-0.4, -0.2) is 21.8 Å². The van der Waals surface area contributed by atoms with Crippen LogP contribution in [0.25, 0.3) is 0 Å². The summed E-state index contributed by atoms with van der Waals surface area (Å²) in [6, 6.07) is 0. The molecule has 17 heavy (non-hydrogen) atoms. The van der Waals surface area contributed by atoms with E-state index in [0.29, 0.717) is 10.8 Å². The van der Waals surface area contributed by atoms with Crippen LogP contribution in [0, 0.1) is 5.82 Å². The zero-order valence-corrected chi connectivity index (χ0v) is 9.23. The van der Waals surface area contributed by atoms with E-state index in [0.717, 1.165) is 0 Å². The molecule has 0 spiro atoms. The fourth-order valence-corrected chi connectivity index (χ4v) is 0.947. The molecule has 0 amide bonds. The van der Waals surface area contributed by atoms with Crippen LogP contribution < -0.4 is 11.2 Å². The minimum absolute atomic E-state index is 0.398. The van der Waals surface area contributed by atoms with Crippen molar-refractivity contribution in [1.82, 2.24) is 9.55 Å². The zero-order chi connectivity index (χ0) is 13.0. The van der Waals surface area contributed by atoms with Gasteiger partial charge in [0.2, 0.25) is 5.82 Å². The number of carbonyl (C=O) groups is 1. The Morgan fingerprint density at radius 1 is 1.53 bits per heavy atom. The molecule has 1 heterocycles. The van der Waals surface area contributed by atoms with E-state index in [1.54, 1.807) is 13.8 Å². The van der Waals surface area contributed by atoms with Crippen LogP contribution in [0.1, 0.15) is 13.8 Å². The molecule has 1 N–H and O–H groups in total. The maximum atomic E-state index is 12.8. The second-order valence-corrected chi connectivity index (χ2v) is 3.36. The van der Waals surface area contributed by atoms with E-state index in [4.69, 9.17) is 0 Å². The summed E-state index contributed by atoms with van der Waals surface area (Å²) < 4.78 is 22.3. The summed E-state index contributed by atoms with van der Waals surface area (Å²) in [5, 5.41) is 0. The largest absolute Gasteiger partial charge is 0.510 e. The average molecular weight is 246 g/mol. The average Bonchev–Trinajstić information content (AvgIpc) is 2.23. The second kappa shape index (κ2) is 5.28. The first-order valence-corrected chi connectivity index (χ1v) is 4.73. The van der Waals surface area contributed by atoms with Crippen LogP contribution in [0.2, 0.25) is 0 Å². The van der Waals surface area contributed by atoms with Gasteiger partial charge < -0.3 is 14.5 Å². The molecule has 7 nitrogen and oxygen atoms in total. The number of aromatic nitrogens is 2. The van der Waals surface area contributed by atoms with Crippen molar-refractivity contribution < 1.29 is 18.7 Å². The predicted molar refractivity (Wildman–Crippen MR) is 54.0 cm³/mol. The van der Waals surface area contributed by atoms with Crippen LogP contribution in [0.3, 0.4) is 0 Å². The molecular weight excluding hydrogens is 235 g/mol. The maximum Gasteiger partial charge on any atom is 0.510 e. The van der Waals surface area contributed by atoms with E-state index in [2.05, 4.69) is 9.47 Å². The summed E-state index contributed by atoms with van der Waals surface area (Å²) in [5.74, 6) is -1.15. The first-order valence-electron chi connectivity index (χ1n) is 4.73. The molecule has 0 radical (unpaired) electrons. The van der Waals surface area contributed by atoms with Crippen LogP contribution >= 0.6 is 0 Å². The van der Waals surface area contributed by atoms with Gasteiger partial charge in [0.25, 0.3) is 5.56 Å². The number of nitrogens with one attached hydrogen (secondary N) is 1. The molecule has 1 aromatic heterocycles. The number of ether oxygens (including phenoxy) is 2. The van der Waals surface area contributed by atoms with Gasteiger partial charge in [-0.15, -0.1) is 0 Å². The third-order valence-electron chi connectivity index (χ3n) is 1.66. The van der Waals surface area contributed by atoms with Crippen molar-refractivity contribution in [3.05, 3.63) is 32.9 Å². The number of aromatic amines is 1. The lowest BCUT2D eigenvalue weighted by molar-refractivity contribution is 0.0140. The number of carbonyl (C=O) groups excluding carboxylic acids is 1. The predicted octanol–water partition coefficient (Wildman–Crippen LogP) is 0.195. The van der Waals surface area contributed by atoms with Crippen LogP contribution in [0.5, 0.6) is 0 Å². The highest BCUT2D eigenvalue weighted by Gasteiger charge is 2.11. The van der Waals surface area contributed by atoms with Crippen molar-refractivity contribution in [2.45, 2.75) is 26.7 Å². The number of hydrogen-bond donors (Lipinski definition) is 1. The molecule has 0 unspecified atom stereocenters. The Balaban J connectivity index is 2.77. The van der Waals surface area contributed by atoms with Crippen molar-refractivity contribution in [3.8, 4) is 0 Å². The third kappa shape index (κ3) is 3.44. The van der Waals surface area contributed by atoms with E-state index >= 15 is 0 Å². The zero-order valence-electron chi connectivity index (χ0n) is 9.23. The highest BCUT2D eigenvalue weighted by molar-refractivity contribution is 5.59. The number of nitrogens with zero attached hydrogens (tertiary/aromatic N) is 1. The topological polar surface area (TPSA) is 90.4 Å². The molecule has 0 aliphatic carbocycles. The molecule has 0 aromatic carbocycles. The van der Waals surface area contributed by atoms with Crippen LogP contribution in [0.15, 0.2) is 15.8 Å². The van der Waals surface area contributed by atoms with Crippen molar-refractivity contribution in [1.29, 1.82) is 0 Å². The summed E-state index contributed by atoms with van der Waals surface area (Å²) in [5.41, 5.74) is -2.06. The van der Waals surface area contributed by atoms with Crippen molar-refractivity contribution >= 4 is 6.16 Å². The van der Waals surface area contributed by atoms with Gasteiger partial charge in [0.15, 0.2) is 6.73 Å². The number of H-pyrrole nitrogens is 1. The van der Waals surface area contributed by atoms with Gasteiger partial charge in [-0.3, -0.25) is 4.79 Å². The number of halogens is 1. The van der Waals surface area contributed by atoms with Crippen LogP contribution in [-0.2, 0) is 16.2 Å². The molecule has 0 saturated heterocycles. The Bertz CT molecular complexity index is 519. The molecule has 0 atom stereocenters. The van der Waals surface area contributed by atoms with Gasteiger partial charge in [0.05, 0.1) is 6.10 Å². The van der Waals surface area contributed by atoms with E-state index < -0.39 is 36.1 Å². The van der Waals surface area contributed by atoms with Gasteiger partial charge in [-0.25, -0.2) is 14.2 Å². The first-order chi connectivity index (χ1) is 7.91. The lowest BCUT2D eigenvalue weighted by Gasteiger charge is -2.09. The maximum absolute atomic E-state index is 12.8. The van der Waals surface area contributed by atoms with E-state index in [9.17, 15) is 18.8 Å². The van der Waals surface area contributed by atoms with Crippen molar-refractivity contribution in [2.24, 2.45) is 0 Å². The van der Waals surface area contributed by atoms with Crippen molar-refractivity contribution in [2.75, 3.05) is 0 Å². The van der Waals surface area contributed by atoms with Gasteiger partial charge in [0, 0.05) is 6.20 Å². The molecule has 1 aromatic rings. The summed E-state index contributed by atoms with van der Waals surface area (Å²) >= 11 is 0. The molecule has 1 rings (SSSR count). The Hall–Kier alpha value is -2.12. The van der Waals surface area contributed by atoms with E-state index in [1.807, 2.05) is 4.98 Å².